The Balaban J connectivity index is 1.31. The summed E-state index contributed by atoms with van der Waals surface area (Å²) < 4.78 is 27.6. The van der Waals surface area contributed by atoms with Gasteiger partial charge in [0.05, 0.1) is 11.4 Å². The molecule has 1 aliphatic carbocycles. The highest BCUT2D eigenvalue weighted by molar-refractivity contribution is 7.89. The van der Waals surface area contributed by atoms with E-state index in [1.165, 1.54) is 4.31 Å². The molecule has 0 atom stereocenters. The molecule has 0 unspecified atom stereocenters. The highest BCUT2D eigenvalue weighted by Crippen LogP contribution is 2.35. The Morgan fingerprint density at radius 2 is 1.76 bits per heavy atom. The summed E-state index contributed by atoms with van der Waals surface area (Å²) in [4.78, 5) is 40.0. The van der Waals surface area contributed by atoms with Crippen LogP contribution in [0.25, 0.3) is 0 Å². The van der Waals surface area contributed by atoms with E-state index < -0.39 is 33.4 Å². The average Bonchev–Trinajstić information content (AvgIpc) is 3.02. The molecule has 1 aromatic rings. The summed E-state index contributed by atoms with van der Waals surface area (Å²) in [5, 5.41) is 3.59. The highest BCUT2D eigenvalue weighted by atomic mass is 32.2. The molecule has 3 aliphatic rings. The fraction of sp³-hybridized carbons (Fsp3) is 0.609. The van der Waals surface area contributed by atoms with Crippen LogP contribution in [0, 0.1) is 19.8 Å². The fourth-order valence-electron chi connectivity index (χ4n) is 4.93. The lowest BCUT2D eigenvalue weighted by molar-refractivity contribution is -0.140. The van der Waals surface area contributed by atoms with E-state index in [0.717, 1.165) is 23.4 Å². The van der Waals surface area contributed by atoms with Crippen LogP contribution in [0.3, 0.4) is 0 Å². The Kier molecular flexibility index (Phi) is 6.71. The third-order valence-corrected chi connectivity index (χ3v) is 9.23. The third-order valence-electron chi connectivity index (χ3n) is 7.19. The topological polar surface area (TPSA) is 119 Å². The van der Waals surface area contributed by atoms with Gasteiger partial charge in [-0.1, -0.05) is 19.1 Å². The zero-order valence-electron chi connectivity index (χ0n) is 20.0. The summed E-state index contributed by atoms with van der Waals surface area (Å²) in [5.74, 6) is -0.367. The summed E-state index contributed by atoms with van der Waals surface area (Å²) in [7, 11) is -3.62. The van der Waals surface area contributed by atoms with Crippen molar-refractivity contribution in [2.24, 2.45) is 5.92 Å². The summed E-state index contributed by atoms with van der Waals surface area (Å²) in [6, 6.07) is 4.77. The number of hydrogen-bond acceptors (Lipinski definition) is 6. The summed E-state index contributed by atoms with van der Waals surface area (Å²) >= 11 is 0. The van der Waals surface area contributed by atoms with Crippen LogP contribution in [0.4, 0.5) is 4.79 Å². The number of nitrogens with one attached hydrogen (secondary N) is 2. The molecule has 3 fully saturated rings. The molecule has 2 aliphatic heterocycles. The van der Waals surface area contributed by atoms with E-state index in [2.05, 4.69) is 17.7 Å². The van der Waals surface area contributed by atoms with Gasteiger partial charge in [-0.2, -0.15) is 9.31 Å². The van der Waals surface area contributed by atoms with Crippen molar-refractivity contribution >= 4 is 27.9 Å². The van der Waals surface area contributed by atoms with Crippen LogP contribution in [0.1, 0.15) is 43.7 Å². The smallest absolute Gasteiger partial charge is 0.322 e. The zero-order chi connectivity index (χ0) is 24.7. The number of imide groups is 1. The number of amides is 4. The molecule has 0 aromatic heterocycles. The van der Waals surface area contributed by atoms with Crippen molar-refractivity contribution in [3.63, 3.8) is 0 Å². The quantitative estimate of drug-likeness (QED) is 0.597. The minimum absolute atomic E-state index is 0.0293. The summed E-state index contributed by atoms with van der Waals surface area (Å²) in [6.45, 7) is 7.00. The summed E-state index contributed by atoms with van der Waals surface area (Å²) in [6.07, 6.45) is 2.84. The van der Waals surface area contributed by atoms with Crippen molar-refractivity contribution in [3.05, 3.63) is 29.3 Å². The Morgan fingerprint density at radius 3 is 2.41 bits per heavy atom. The molecular formula is C23H33N5O5S. The number of hydrazine groups is 1. The first-order valence-corrected chi connectivity index (χ1v) is 13.2. The number of aryl methyl sites for hydroxylation is 2. The van der Waals surface area contributed by atoms with Gasteiger partial charge in [-0.3, -0.25) is 19.9 Å². The molecule has 0 radical (unpaired) electrons. The standard InChI is InChI=1S/C23H33N5O5S/c1-16-6-8-23(9-7-16)21(30)28(22(31)24-23)25-20(29)15-26-10-12-27(13-11-26)34(32,33)19-14-17(2)4-5-18(19)3/h4-5,14,16H,6-13,15H2,1-3H3,(H,24,31)(H,25,29). The molecule has 1 saturated carbocycles. The zero-order valence-corrected chi connectivity index (χ0v) is 20.8. The van der Waals surface area contributed by atoms with E-state index in [1.54, 1.807) is 19.1 Å². The fourth-order valence-corrected chi connectivity index (χ4v) is 6.66. The molecule has 11 heteroatoms. The molecule has 0 bridgehead atoms. The van der Waals surface area contributed by atoms with E-state index in [4.69, 9.17) is 0 Å². The van der Waals surface area contributed by atoms with Crippen LogP contribution < -0.4 is 10.7 Å². The normalized spacial score (nSPS) is 26.7. The van der Waals surface area contributed by atoms with E-state index in [-0.39, 0.29) is 19.6 Å². The highest BCUT2D eigenvalue weighted by Gasteiger charge is 2.53. The first kappa shape index (κ1) is 24.6. The van der Waals surface area contributed by atoms with Crippen LogP contribution in [-0.2, 0) is 19.6 Å². The van der Waals surface area contributed by atoms with Crippen molar-refractivity contribution in [2.75, 3.05) is 32.7 Å². The second-order valence-corrected chi connectivity index (χ2v) is 11.7. The molecule has 186 valence electrons. The number of sulfonamides is 1. The van der Waals surface area contributed by atoms with Crippen molar-refractivity contribution < 1.29 is 22.8 Å². The monoisotopic (exact) mass is 491 g/mol. The first-order chi connectivity index (χ1) is 16.0. The van der Waals surface area contributed by atoms with Gasteiger partial charge < -0.3 is 5.32 Å². The number of carbonyl (C=O) groups excluding carboxylic acids is 3. The lowest BCUT2D eigenvalue weighted by Crippen LogP contribution is -2.55. The molecule has 2 saturated heterocycles. The third kappa shape index (κ3) is 4.69. The molecule has 10 nitrogen and oxygen atoms in total. The maximum atomic E-state index is 13.1. The van der Waals surface area contributed by atoms with Crippen LogP contribution >= 0.6 is 0 Å². The maximum Gasteiger partial charge on any atom is 0.344 e. The first-order valence-electron chi connectivity index (χ1n) is 11.8. The number of benzene rings is 1. The molecule has 34 heavy (non-hydrogen) atoms. The molecule has 2 heterocycles. The molecule has 2 N–H and O–H groups in total. The van der Waals surface area contributed by atoms with Gasteiger partial charge in [0.15, 0.2) is 0 Å². The van der Waals surface area contributed by atoms with Gasteiger partial charge in [0.2, 0.25) is 10.0 Å². The largest absolute Gasteiger partial charge is 0.344 e. The molecular weight excluding hydrogens is 458 g/mol. The molecule has 4 amide bonds. The van der Waals surface area contributed by atoms with Gasteiger partial charge in [0.25, 0.3) is 11.8 Å². The van der Waals surface area contributed by atoms with E-state index in [9.17, 15) is 22.8 Å². The van der Waals surface area contributed by atoms with Gasteiger partial charge >= 0.3 is 6.03 Å². The Morgan fingerprint density at radius 1 is 1.12 bits per heavy atom. The average molecular weight is 492 g/mol. The van der Waals surface area contributed by atoms with Gasteiger partial charge in [-0.05, 0) is 62.6 Å². The van der Waals surface area contributed by atoms with Crippen LogP contribution in [-0.4, -0.2) is 78.7 Å². The Bertz CT molecular complexity index is 1090. The van der Waals surface area contributed by atoms with Crippen molar-refractivity contribution in [1.82, 2.24) is 25.0 Å². The number of rotatable bonds is 5. The molecule has 1 aromatic carbocycles. The predicted molar refractivity (Wildman–Crippen MR) is 125 cm³/mol. The van der Waals surface area contributed by atoms with Gasteiger partial charge in [0, 0.05) is 26.2 Å². The lowest BCUT2D eigenvalue weighted by Gasteiger charge is -2.34. The van der Waals surface area contributed by atoms with E-state index in [1.807, 2.05) is 17.9 Å². The number of urea groups is 1. The van der Waals surface area contributed by atoms with E-state index >= 15 is 0 Å². The molecule has 4 rings (SSSR count). The lowest BCUT2D eigenvalue weighted by atomic mass is 9.77. The molecule has 1 spiro atoms. The minimum Gasteiger partial charge on any atom is -0.322 e. The number of nitrogens with zero attached hydrogens (tertiary/aromatic N) is 3. The Hall–Kier alpha value is -2.50. The minimum atomic E-state index is -3.62. The SMILES string of the molecule is Cc1ccc(C)c(S(=O)(=O)N2CCN(CC(=O)NN3C(=O)NC4(CCC(C)CC4)C3=O)CC2)c1. The predicted octanol–water partition coefficient (Wildman–Crippen LogP) is 1.14. The summed E-state index contributed by atoms with van der Waals surface area (Å²) in [5.41, 5.74) is 3.12. The second-order valence-electron chi connectivity index (χ2n) is 9.82. The van der Waals surface area contributed by atoms with Gasteiger partial charge in [-0.25, -0.2) is 13.2 Å². The van der Waals surface area contributed by atoms with Crippen LogP contribution in [0.15, 0.2) is 23.1 Å². The second kappa shape index (κ2) is 9.27. The van der Waals surface area contributed by atoms with Crippen molar-refractivity contribution in [2.45, 2.75) is 56.9 Å². The van der Waals surface area contributed by atoms with Gasteiger partial charge in [0.1, 0.15) is 5.54 Å². The maximum absolute atomic E-state index is 13.1. The van der Waals surface area contributed by atoms with E-state index in [0.29, 0.717) is 42.3 Å². The number of hydrogen-bond donors (Lipinski definition) is 2. The van der Waals surface area contributed by atoms with Gasteiger partial charge in [-0.15, -0.1) is 0 Å². The van der Waals surface area contributed by atoms with Crippen molar-refractivity contribution in [3.8, 4) is 0 Å². The van der Waals surface area contributed by atoms with Crippen LogP contribution in [0.2, 0.25) is 0 Å². The number of piperazine rings is 1. The number of carbonyl (C=O) groups is 3. The Labute approximate surface area is 200 Å². The van der Waals surface area contributed by atoms with Crippen LogP contribution in [0.5, 0.6) is 0 Å². The van der Waals surface area contributed by atoms with Crippen molar-refractivity contribution in [1.29, 1.82) is 0 Å².